The molecule has 5 rings (SSSR count). The van der Waals surface area contributed by atoms with Crippen LogP contribution in [0.1, 0.15) is 5.56 Å². The van der Waals surface area contributed by atoms with Gasteiger partial charge in [0.2, 0.25) is 5.91 Å². The van der Waals surface area contributed by atoms with E-state index < -0.39 is 24.2 Å². The topological polar surface area (TPSA) is 65.1 Å². The molecule has 11 heteroatoms. The van der Waals surface area contributed by atoms with E-state index in [1.807, 2.05) is 19.1 Å². The first-order valence-electron chi connectivity index (χ1n) is 10.5. The average Bonchev–Trinajstić information content (AvgIpc) is 3.46. The van der Waals surface area contributed by atoms with Crippen molar-refractivity contribution in [2.75, 3.05) is 24.5 Å². The van der Waals surface area contributed by atoms with Crippen LogP contribution in [-0.4, -0.2) is 57.5 Å². The third-order valence-corrected chi connectivity index (χ3v) is 7.38. The lowest BCUT2D eigenvalue weighted by Crippen LogP contribution is -2.57. The molecule has 0 unspecified atom stereocenters. The van der Waals surface area contributed by atoms with Crippen LogP contribution in [0.25, 0.3) is 32.9 Å². The Morgan fingerprint density at radius 2 is 2.12 bits per heavy atom. The summed E-state index contributed by atoms with van der Waals surface area (Å²) in [5, 5.41) is 8.55. The molecule has 1 saturated heterocycles. The number of aryl methyl sites for hydroxylation is 1. The van der Waals surface area contributed by atoms with Gasteiger partial charge in [-0.15, -0.1) is 0 Å². The molecule has 1 amide bonds. The molecule has 2 aromatic carbocycles. The van der Waals surface area contributed by atoms with Gasteiger partial charge in [-0.05, 0) is 42.2 Å². The molecule has 176 valence electrons. The van der Waals surface area contributed by atoms with Crippen molar-refractivity contribution in [3.05, 3.63) is 53.5 Å². The van der Waals surface area contributed by atoms with Crippen molar-refractivity contribution < 1.29 is 18.0 Å². The molecule has 0 aliphatic carbocycles. The Hall–Kier alpha value is -3.11. The van der Waals surface area contributed by atoms with E-state index in [1.54, 1.807) is 12.3 Å². The zero-order valence-corrected chi connectivity index (χ0v) is 19.6. The van der Waals surface area contributed by atoms with Crippen molar-refractivity contribution >= 4 is 55.8 Å². The molecule has 1 atom stereocenters. The minimum Gasteiger partial charge on any atom is -0.349 e. The number of carbonyl (C=O) groups is 1. The number of halogens is 4. The molecule has 1 aliphatic heterocycles. The Morgan fingerprint density at radius 3 is 2.85 bits per heavy atom. The Labute approximate surface area is 201 Å². The van der Waals surface area contributed by atoms with Gasteiger partial charge in [0.15, 0.2) is 5.82 Å². The summed E-state index contributed by atoms with van der Waals surface area (Å²) in [6, 6.07) is 4.02. The monoisotopic (exact) mass is 505 g/mol. The van der Waals surface area contributed by atoms with Gasteiger partial charge in [0.05, 0.1) is 16.7 Å². The highest BCUT2D eigenvalue weighted by Crippen LogP contribution is 2.44. The highest BCUT2D eigenvalue weighted by Gasteiger charge is 2.37. The van der Waals surface area contributed by atoms with Gasteiger partial charge in [-0.25, -0.2) is 13.2 Å². The van der Waals surface area contributed by atoms with Crippen LogP contribution >= 0.6 is 23.1 Å². The fourth-order valence-electron chi connectivity index (χ4n) is 4.50. The Balaban J connectivity index is 1.62. The number of piperazine rings is 1. The number of H-pyrrole nitrogens is 1. The maximum atomic E-state index is 15.9. The SMILES string of the molecule is C=CC(=O)N1CCN(c2snc3c(F)c(-c4c(C)ccc5[nH]ncc45)c(Cl)cc23)[C@H](C(F)F)C1. The van der Waals surface area contributed by atoms with Crippen LogP contribution in [0.3, 0.4) is 0 Å². The lowest BCUT2D eigenvalue weighted by Gasteiger charge is -2.41. The number of rotatable bonds is 4. The molecule has 3 heterocycles. The van der Waals surface area contributed by atoms with E-state index in [0.29, 0.717) is 16.0 Å². The molecular formula is C23H19ClF3N5OS. The second-order valence-corrected chi connectivity index (χ2v) is 9.26. The summed E-state index contributed by atoms with van der Waals surface area (Å²) in [5.74, 6) is -1.02. The van der Waals surface area contributed by atoms with E-state index in [4.69, 9.17) is 11.6 Å². The van der Waals surface area contributed by atoms with E-state index in [0.717, 1.165) is 34.1 Å². The number of alkyl halides is 2. The molecule has 0 bridgehead atoms. The third-order valence-electron chi connectivity index (χ3n) is 6.19. The predicted octanol–water partition coefficient (Wildman–Crippen LogP) is 5.41. The van der Waals surface area contributed by atoms with E-state index >= 15 is 4.39 Å². The Bertz CT molecular complexity index is 1440. The number of carbonyl (C=O) groups excluding carboxylic acids is 1. The number of hydrogen-bond donors (Lipinski definition) is 1. The zero-order chi connectivity index (χ0) is 24.1. The first-order valence-corrected chi connectivity index (χ1v) is 11.6. The van der Waals surface area contributed by atoms with Crippen LogP contribution in [-0.2, 0) is 4.79 Å². The number of hydrogen-bond acceptors (Lipinski definition) is 5. The van der Waals surface area contributed by atoms with Crippen molar-refractivity contribution in [3.8, 4) is 11.1 Å². The minimum atomic E-state index is -2.72. The highest BCUT2D eigenvalue weighted by atomic mass is 35.5. The molecule has 6 nitrogen and oxygen atoms in total. The van der Waals surface area contributed by atoms with Crippen LogP contribution in [0.5, 0.6) is 0 Å². The molecule has 1 aliphatic rings. The van der Waals surface area contributed by atoms with Crippen molar-refractivity contribution in [2.24, 2.45) is 0 Å². The highest BCUT2D eigenvalue weighted by molar-refractivity contribution is 7.11. The summed E-state index contributed by atoms with van der Waals surface area (Å²) in [5.41, 5.74) is 2.42. The van der Waals surface area contributed by atoms with Crippen molar-refractivity contribution in [1.82, 2.24) is 19.5 Å². The molecule has 2 aromatic heterocycles. The summed E-state index contributed by atoms with van der Waals surface area (Å²) in [7, 11) is 0. The van der Waals surface area contributed by atoms with Crippen LogP contribution in [0.4, 0.5) is 18.2 Å². The number of aromatic nitrogens is 3. The maximum absolute atomic E-state index is 15.9. The minimum absolute atomic E-state index is 0.0666. The third kappa shape index (κ3) is 3.52. The maximum Gasteiger partial charge on any atom is 0.260 e. The van der Waals surface area contributed by atoms with Gasteiger partial charge in [0, 0.05) is 41.5 Å². The lowest BCUT2D eigenvalue weighted by molar-refractivity contribution is -0.127. The van der Waals surface area contributed by atoms with E-state index in [2.05, 4.69) is 21.1 Å². The van der Waals surface area contributed by atoms with Gasteiger partial charge in [0.1, 0.15) is 16.6 Å². The molecular weight excluding hydrogens is 487 g/mol. The smallest absolute Gasteiger partial charge is 0.260 e. The number of fused-ring (bicyclic) bond motifs is 2. The molecule has 0 saturated carbocycles. The lowest BCUT2D eigenvalue weighted by atomic mass is 9.95. The summed E-state index contributed by atoms with van der Waals surface area (Å²) < 4.78 is 48.1. The first-order chi connectivity index (χ1) is 16.3. The Kier molecular flexibility index (Phi) is 5.73. The fraction of sp³-hybridized carbons (Fsp3) is 0.261. The molecule has 1 N–H and O–H groups in total. The van der Waals surface area contributed by atoms with Gasteiger partial charge in [-0.1, -0.05) is 24.2 Å². The largest absolute Gasteiger partial charge is 0.349 e. The number of amides is 1. The molecule has 1 fully saturated rings. The van der Waals surface area contributed by atoms with Crippen LogP contribution < -0.4 is 4.90 Å². The number of aromatic amines is 1. The number of nitrogens with one attached hydrogen (secondary N) is 1. The Morgan fingerprint density at radius 1 is 1.32 bits per heavy atom. The van der Waals surface area contributed by atoms with Gasteiger partial charge < -0.3 is 9.80 Å². The fourth-order valence-corrected chi connectivity index (χ4v) is 5.73. The summed E-state index contributed by atoms with van der Waals surface area (Å²) in [6.07, 6.45) is -0.000512. The van der Waals surface area contributed by atoms with Crippen molar-refractivity contribution in [1.29, 1.82) is 0 Å². The second kappa shape index (κ2) is 8.59. The summed E-state index contributed by atoms with van der Waals surface area (Å²) >= 11 is 7.55. The quantitative estimate of drug-likeness (QED) is 0.377. The van der Waals surface area contributed by atoms with E-state index in [-0.39, 0.29) is 35.7 Å². The normalized spacial score (nSPS) is 16.7. The van der Waals surface area contributed by atoms with Crippen LogP contribution in [0, 0.1) is 12.7 Å². The van der Waals surface area contributed by atoms with Crippen molar-refractivity contribution in [3.63, 3.8) is 0 Å². The van der Waals surface area contributed by atoms with Crippen LogP contribution in [0.2, 0.25) is 5.02 Å². The molecule has 0 radical (unpaired) electrons. The first kappa shape index (κ1) is 22.7. The van der Waals surface area contributed by atoms with E-state index in [1.165, 1.54) is 9.80 Å². The standard InChI is InChI=1S/C23H19ClF3N5OS/c1-3-17(33)31-6-7-32(16(10-31)22(26)27)23-12-8-14(24)19(20(25)21(12)30-34-23)18-11(2)4-5-15-13(18)9-28-29-15/h3-5,8-9,16,22H,1,6-7,10H2,2H3,(H,28,29)/t16-/m0/s1. The molecule has 34 heavy (non-hydrogen) atoms. The van der Waals surface area contributed by atoms with Gasteiger partial charge in [-0.2, -0.15) is 9.47 Å². The second-order valence-electron chi connectivity index (χ2n) is 8.10. The van der Waals surface area contributed by atoms with Crippen molar-refractivity contribution in [2.45, 2.75) is 19.4 Å². The summed E-state index contributed by atoms with van der Waals surface area (Å²) in [6.45, 7) is 5.50. The summed E-state index contributed by atoms with van der Waals surface area (Å²) in [4.78, 5) is 14.8. The van der Waals surface area contributed by atoms with Crippen LogP contribution in [0.15, 0.2) is 37.1 Å². The predicted molar refractivity (Wildman–Crippen MR) is 128 cm³/mol. The average molecular weight is 506 g/mol. The number of nitrogens with zero attached hydrogens (tertiary/aromatic N) is 4. The van der Waals surface area contributed by atoms with Gasteiger partial charge in [0.25, 0.3) is 6.43 Å². The number of anilines is 1. The molecule has 0 spiro atoms. The van der Waals surface area contributed by atoms with Gasteiger partial charge in [-0.3, -0.25) is 9.89 Å². The van der Waals surface area contributed by atoms with E-state index in [9.17, 15) is 13.6 Å². The number of benzene rings is 2. The van der Waals surface area contributed by atoms with Gasteiger partial charge >= 0.3 is 0 Å². The molecule has 4 aromatic rings. The zero-order valence-electron chi connectivity index (χ0n) is 18.0.